The maximum Gasteiger partial charge on any atom is 0.306 e. The number of carbonyl (C=O) groups excluding carboxylic acids is 1. The molecule has 0 saturated carbocycles. The number of hydrogen-bond donors (Lipinski definition) is 0. The molecule has 82 valence electrons. The molecule has 0 aromatic rings. The molecule has 0 aromatic carbocycles. The van der Waals surface area contributed by atoms with Gasteiger partial charge < -0.3 is 4.74 Å². The first-order valence-corrected chi connectivity index (χ1v) is 5.38. The molecule has 2 nitrogen and oxygen atoms in total. The molecule has 2 heteroatoms. The van der Waals surface area contributed by atoms with Crippen LogP contribution in [0.15, 0.2) is 36.0 Å². The predicted octanol–water partition coefficient (Wildman–Crippen LogP) is 3.02. The van der Waals surface area contributed by atoms with Gasteiger partial charge in [0.25, 0.3) is 0 Å². The van der Waals surface area contributed by atoms with E-state index in [0.717, 1.165) is 12.8 Å². The molecule has 0 bridgehead atoms. The van der Waals surface area contributed by atoms with Crippen molar-refractivity contribution in [3.8, 4) is 0 Å². The smallest absolute Gasteiger partial charge is 0.306 e. The zero-order chi connectivity index (χ0) is 11.1. The molecule has 1 atom stereocenters. The van der Waals surface area contributed by atoms with Gasteiger partial charge in [0.2, 0.25) is 0 Å². The fourth-order valence-electron chi connectivity index (χ4n) is 1.65. The Morgan fingerprint density at radius 2 is 2.33 bits per heavy atom. The van der Waals surface area contributed by atoms with Crippen molar-refractivity contribution in [3.63, 3.8) is 0 Å². The number of rotatable bonds is 4. The lowest BCUT2D eigenvalue weighted by Crippen LogP contribution is -2.10. The lowest BCUT2D eigenvalue weighted by molar-refractivity contribution is -0.141. The van der Waals surface area contributed by atoms with Crippen molar-refractivity contribution in [2.75, 3.05) is 7.11 Å². The van der Waals surface area contributed by atoms with Crippen LogP contribution in [0, 0.1) is 5.92 Å². The molecule has 1 rings (SSSR count). The largest absolute Gasteiger partial charge is 0.469 e. The topological polar surface area (TPSA) is 26.3 Å². The molecule has 15 heavy (non-hydrogen) atoms. The molecule has 0 aliphatic heterocycles. The van der Waals surface area contributed by atoms with E-state index in [1.54, 1.807) is 0 Å². The van der Waals surface area contributed by atoms with Crippen molar-refractivity contribution < 1.29 is 9.53 Å². The summed E-state index contributed by atoms with van der Waals surface area (Å²) < 4.78 is 4.70. The second kappa shape index (κ2) is 6.23. The minimum atomic E-state index is -0.135. The molecule has 1 aliphatic rings. The van der Waals surface area contributed by atoms with E-state index < -0.39 is 0 Å². The van der Waals surface area contributed by atoms with E-state index in [4.69, 9.17) is 4.74 Å². The number of hydrogen-bond acceptors (Lipinski definition) is 2. The van der Waals surface area contributed by atoms with Crippen LogP contribution in [0.2, 0.25) is 0 Å². The van der Waals surface area contributed by atoms with Crippen molar-refractivity contribution in [2.45, 2.75) is 26.2 Å². The highest BCUT2D eigenvalue weighted by Crippen LogP contribution is 2.22. The highest BCUT2D eigenvalue weighted by molar-refractivity contribution is 5.70. The summed E-state index contributed by atoms with van der Waals surface area (Å²) in [5.41, 5.74) is 1.22. The minimum absolute atomic E-state index is 0.135. The number of methoxy groups -OCH3 is 1. The highest BCUT2D eigenvalue weighted by Gasteiger charge is 2.15. The molecule has 1 aliphatic carbocycles. The summed E-state index contributed by atoms with van der Waals surface area (Å²) in [6.07, 6.45) is 12.9. The van der Waals surface area contributed by atoms with Gasteiger partial charge in [0.15, 0.2) is 0 Å². The summed E-state index contributed by atoms with van der Waals surface area (Å²) >= 11 is 0. The number of carbonyl (C=O) groups is 1. The van der Waals surface area contributed by atoms with Gasteiger partial charge in [0.1, 0.15) is 0 Å². The third-order valence-electron chi connectivity index (χ3n) is 2.61. The number of allylic oxidation sites excluding steroid dienone is 6. The molecular weight excluding hydrogens is 188 g/mol. The summed E-state index contributed by atoms with van der Waals surface area (Å²) in [7, 11) is 1.44. The van der Waals surface area contributed by atoms with Crippen LogP contribution in [0.5, 0.6) is 0 Å². The van der Waals surface area contributed by atoms with E-state index in [9.17, 15) is 4.79 Å². The van der Waals surface area contributed by atoms with Crippen LogP contribution in [-0.2, 0) is 9.53 Å². The van der Waals surface area contributed by atoms with Crippen LogP contribution in [0.4, 0.5) is 0 Å². The Labute approximate surface area is 91.3 Å². The van der Waals surface area contributed by atoms with Crippen molar-refractivity contribution >= 4 is 5.97 Å². The molecule has 0 saturated heterocycles. The molecule has 0 spiro atoms. The maximum atomic E-state index is 11.2. The van der Waals surface area contributed by atoms with Gasteiger partial charge in [-0.2, -0.15) is 0 Å². The molecule has 1 unspecified atom stereocenters. The van der Waals surface area contributed by atoms with E-state index in [-0.39, 0.29) is 11.9 Å². The van der Waals surface area contributed by atoms with E-state index in [2.05, 4.69) is 37.3 Å². The predicted molar refractivity (Wildman–Crippen MR) is 61.4 cm³/mol. The average molecular weight is 206 g/mol. The van der Waals surface area contributed by atoms with Crippen LogP contribution < -0.4 is 0 Å². The summed E-state index contributed by atoms with van der Waals surface area (Å²) in [4.78, 5) is 11.2. The first kappa shape index (κ1) is 11.8. The molecule has 0 N–H and O–H groups in total. The van der Waals surface area contributed by atoms with Crippen molar-refractivity contribution in [1.82, 2.24) is 0 Å². The fourth-order valence-corrected chi connectivity index (χ4v) is 1.65. The Bertz CT molecular complexity index is 298. The van der Waals surface area contributed by atoms with Gasteiger partial charge in [-0.15, -0.1) is 0 Å². The number of ether oxygens (including phenoxy) is 1. The lowest BCUT2D eigenvalue weighted by Gasteiger charge is -2.14. The fraction of sp³-hybridized carbons (Fsp3) is 0.462. The lowest BCUT2D eigenvalue weighted by atomic mass is 9.92. The summed E-state index contributed by atoms with van der Waals surface area (Å²) in [5.74, 6) is 0.140. The molecular formula is C13H18O2. The SMILES string of the molecule is CCC(CC(=O)OC)C1=CC=CCC=C1. The van der Waals surface area contributed by atoms with Gasteiger partial charge in [0.05, 0.1) is 13.5 Å². The van der Waals surface area contributed by atoms with E-state index in [0.29, 0.717) is 6.42 Å². The number of esters is 1. The summed E-state index contributed by atoms with van der Waals surface area (Å²) in [5, 5.41) is 0. The van der Waals surface area contributed by atoms with E-state index >= 15 is 0 Å². The third-order valence-corrected chi connectivity index (χ3v) is 2.61. The Balaban J connectivity index is 2.68. The van der Waals surface area contributed by atoms with Gasteiger partial charge in [-0.25, -0.2) is 0 Å². The molecule has 0 fully saturated rings. The minimum Gasteiger partial charge on any atom is -0.469 e. The third kappa shape index (κ3) is 3.74. The first-order valence-electron chi connectivity index (χ1n) is 5.38. The highest BCUT2D eigenvalue weighted by atomic mass is 16.5. The second-order valence-corrected chi connectivity index (χ2v) is 3.62. The Hall–Kier alpha value is -1.31. The van der Waals surface area contributed by atoms with E-state index in [1.807, 2.05) is 0 Å². The van der Waals surface area contributed by atoms with Crippen LogP contribution in [0.3, 0.4) is 0 Å². The monoisotopic (exact) mass is 206 g/mol. The Kier molecular flexibility index (Phi) is 4.88. The maximum absolute atomic E-state index is 11.2. The zero-order valence-electron chi connectivity index (χ0n) is 9.40. The van der Waals surface area contributed by atoms with Gasteiger partial charge in [-0.1, -0.05) is 37.3 Å². The van der Waals surface area contributed by atoms with Crippen LogP contribution in [-0.4, -0.2) is 13.1 Å². The molecule has 0 radical (unpaired) electrons. The quantitative estimate of drug-likeness (QED) is 0.661. The van der Waals surface area contributed by atoms with Crippen molar-refractivity contribution in [1.29, 1.82) is 0 Å². The second-order valence-electron chi connectivity index (χ2n) is 3.62. The van der Waals surface area contributed by atoms with Crippen molar-refractivity contribution in [3.05, 3.63) is 36.0 Å². The van der Waals surface area contributed by atoms with Crippen molar-refractivity contribution in [2.24, 2.45) is 5.92 Å². The van der Waals surface area contributed by atoms with Gasteiger partial charge >= 0.3 is 5.97 Å². The summed E-state index contributed by atoms with van der Waals surface area (Å²) in [6, 6.07) is 0. The Morgan fingerprint density at radius 3 is 3.00 bits per heavy atom. The molecule has 0 heterocycles. The molecule has 0 amide bonds. The first-order chi connectivity index (χ1) is 7.27. The van der Waals surface area contributed by atoms with Crippen LogP contribution >= 0.6 is 0 Å². The Morgan fingerprint density at radius 1 is 1.53 bits per heavy atom. The zero-order valence-corrected chi connectivity index (χ0v) is 9.40. The standard InChI is InChI=1S/C13H18O2/c1-3-11(10-13(14)15-2)12-8-6-4-5-7-9-12/h4,6-9,11H,3,5,10H2,1-2H3. The van der Waals surface area contributed by atoms with E-state index in [1.165, 1.54) is 12.7 Å². The normalized spacial score (nSPS) is 16.8. The van der Waals surface area contributed by atoms with Gasteiger partial charge in [-0.05, 0) is 24.3 Å². The van der Waals surface area contributed by atoms with Gasteiger partial charge in [-0.3, -0.25) is 4.79 Å². The molecule has 0 aromatic heterocycles. The average Bonchev–Trinajstić information content (AvgIpc) is 2.54. The van der Waals surface area contributed by atoms with Crippen LogP contribution in [0.25, 0.3) is 0 Å². The van der Waals surface area contributed by atoms with Gasteiger partial charge in [0, 0.05) is 0 Å². The van der Waals surface area contributed by atoms with Crippen LogP contribution in [0.1, 0.15) is 26.2 Å². The summed E-state index contributed by atoms with van der Waals surface area (Å²) in [6.45, 7) is 2.09.